The van der Waals surface area contributed by atoms with Gasteiger partial charge in [0.2, 0.25) is 0 Å². The van der Waals surface area contributed by atoms with Crippen molar-refractivity contribution in [3.8, 4) is 11.8 Å². The van der Waals surface area contributed by atoms with Crippen LogP contribution in [0.15, 0.2) is 36.4 Å². The fourth-order valence-electron chi connectivity index (χ4n) is 1.44. The second-order valence-corrected chi connectivity index (χ2v) is 4.10. The van der Waals surface area contributed by atoms with Crippen molar-refractivity contribution in [1.82, 2.24) is 4.98 Å². The average molecular weight is 275 g/mol. The Bertz CT molecular complexity index is 607. The Kier molecular flexibility index (Phi) is 4.18. The van der Waals surface area contributed by atoms with E-state index in [0.29, 0.717) is 27.8 Å². The summed E-state index contributed by atoms with van der Waals surface area (Å²) in [7, 11) is 0. The van der Waals surface area contributed by atoms with Gasteiger partial charge in [-0.25, -0.2) is 10.8 Å². The fraction of sp³-hybridized carbons (Fsp3) is 0.0769. The molecular weight excluding hydrogens is 264 g/mol. The predicted molar refractivity (Wildman–Crippen MR) is 72.5 cm³/mol. The van der Waals surface area contributed by atoms with Gasteiger partial charge in [-0.1, -0.05) is 11.6 Å². The number of nitrogens with zero attached hydrogens (tertiary/aromatic N) is 2. The van der Waals surface area contributed by atoms with Crippen LogP contribution in [0.5, 0.6) is 5.75 Å². The van der Waals surface area contributed by atoms with Gasteiger partial charge in [-0.15, -0.1) is 0 Å². The van der Waals surface area contributed by atoms with Crippen molar-refractivity contribution in [3.05, 3.63) is 52.7 Å². The Morgan fingerprint density at radius 1 is 1.26 bits per heavy atom. The lowest BCUT2D eigenvalue weighted by atomic mass is 10.2. The van der Waals surface area contributed by atoms with E-state index < -0.39 is 0 Å². The average Bonchev–Trinajstić information content (AvgIpc) is 2.47. The predicted octanol–water partition coefficient (Wildman–Crippen LogP) is 2.47. The zero-order valence-electron chi connectivity index (χ0n) is 9.93. The molecule has 5 nitrogen and oxygen atoms in total. The van der Waals surface area contributed by atoms with Gasteiger partial charge in [0.05, 0.1) is 22.3 Å². The number of hydrogen-bond donors (Lipinski definition) is 2. The highest BCUT2D eigenvalue weighted by atomic mass is 35.5. The molecule has 0 bridgehead atoms. The number of aromatic nitrogens is 1. The van der Waals surface area contributed by atoms with Crippen LogP contribution in [0.1, 0.15) is 11.3 Å². The molecule has 0 spiro atoms. The topological polar surface area (TPSA) is 84.0 Å². The van der Waals surface area contributed by atoms with Gasteiger partial charge in [-0.3, -0.25) is 0 Å². The molecule has 19 heavy (non-hydrogen) atoms. The molecule has 0 aliphatic rings. The van der Waals surface area contributed by atoms with E-state index in [9.17, 15) is 0 Å². The molecule has 96 valence electrons. The Hall–Kier alpha value is -2.29. The number of nitrogens with two attached hydrogens (primary N) is 1. The van der Waals surface area contributed by atoms with E-state index in [1.807, 2.05) is 6.07 Å². The maximum Gasteiger partial charge on any atom is 0.140 e. The van der Waals surface area contributed by atoms with Crippen molar-refractivity contribution < 1.29 is 4.74 Å². The normalized spacial score (nSPS) is 9.74. The largest absolute Gasteiger partial charge is 0.487 e. The molecule has 2 aromatic rings. The van der Waals surface area contributed by atoms with E-state index in [2.05, 4.69) is 10.4 Å². The van der Waals surface area contributed by atoms with Crippen LogP contribution < -0.4 is 16.0 Å². The van der Waals surface area contributed by atoms with Crippen molar-refractivity contribution in [2.45, 2.75) is 6.61 Å². The Balaban J connectivity index is 2.07. The van der Waals surface area contributed by atoms with E-state index in [4.69, 9.17) is 27.4 Å². The standard InChI is InChI=1S/C13H11ClN4O/c14-11-5-6-13(18-16)17-12(11)8-19-10-3-1-9(7-15)2-4-10/h1-6H,8,16H2,(H,17,18). The second-order valence-electron chi connectivity index (χ2n) is 3.69. The Labute approximate surface area is 115 Å². The highest BCUT2D eigenvalue weighted by molar-refractivity contribution is 6.31. The van der Waals surface area contributed by atoms with Gasteiger partial charge in [0.15, 0.2) is 0 Å². The summed E-state index contributed by atoms with van der Waals surface area (Å²) < 4.78 is 5.55. The number of hydrogen-bond acceptors (Lipinski definition) is 5. The van der Waals surface area contributed by atoms with Crippen LogP contribution in [-0.2, 0) is 6.61 Å². The third-order valence-electron chi connectivity index (χ3n) is 2.43. The summed E-state index contributed by atoms with van der Waals surface area (Å²) in [5, 5.41) is 9.20. The van der Waals surface area contributed by atoms with Gasteiger partial charge < -0.3 is 10.2 Å². The van der Waals surface area contributed by atoms with E-state index in [-0.39, 0.29) is 6.61 Å². The van der Waals surface area contributed by atoms with E-state index in [1.54, 1.807) is 36.4 Å². The first kappa shape index (κ1) is 13.1. The molecule has 2 rings (SSSR count). The third-order valence-corrected chi connectivity index (χ3v) is 2.77. The number of nitrogens with one attached hydrogen (secondary N) is 1. The molecule has 1 aromatic carbocycles. The smallest absolute Gasteiger partial charge is 0.140 e. The number of hydrazine groups is 1. The lowest BCUT2D eigenvalue weighted by Crippen LogP contribution is -2.10. The molecule has 0 fully saturated rings. The lowest BCUT2D eigenvalue weighted by molar-refractivity contribution is 0.301. The number of nitrogen functional groups attached to an aromatic ring is 1. The van der Waals surface area contributed by atoms with E-state index in [1.165, 1.54) is 0 Å². The first-order chi connectivity index (χ1) is 9.22. The molecule has 0 atom stereocenters. The van der Waals surface area contributed by atoms with Crippen LogP contribution in [0.4, 0.5) is 5.82 Å². The zero-order chi connectivity index (χ0) is 13.7. The molecule has 0 radical (unpaired) electrons. The number of pyridine rings is 1. The summed E-state index contributed by atoms with van der Waals surface area (Å²) in [4.78, 5) is 4.19. The molecule has 0 aliphatic carbocycles. The fourth-order valence-corrected chi connectivity index (χ4v) is 1.60. The van der Waals surface area contributed by atoms with E-state index in [0.717, 1.165) is 0 Å². The third kappa shape index (κ3) is 3.35. The maximum atomic E-state index is 8.69. The minimum Gasteiger partial charge on any atom is -0.487 e. The molecule has 0 aliphatic heterocycles. The molecule has 6 heteroatoms. The molecule has 1 heterocycles. The van der Waals surface area contributed by atoms with Crippen molar-refractivity contribution >= 4 is 17.4 Å². The summed E-state index contributed by atoms with van der Waals surface area (Å²) in [6.07, 6.45) is 0. The molecule has 1 aromatic heterocycles. The van der Waals surface area contributed by atoms with Crippen LogP contribution in [0, 0.1) is 11.3 Å². The van der Waals surface area contributed by atoms with Crippen molar-refractivity contribution in [3.63, 3.8) is 0 Å². The van der Waals surface area contributed by atoms with Crippen molar-refractivity contribution in [2.24, 2.45) is 5.84 Å². The molecular formula is C13H11ClN4O. The number of anilines is 1. The van der Waals surface area contributed by atoms with E-state index >= 15 is 0 Å². The van der Waals surface area contributed by atoms with Gasteiger partial charge >= 0.3 is 0 Å². The quantitative estimate of drug-likeness (QED) is 0.661. The van der Waals surface area contributed by atoms with Gasteiger partial charge in [0.25, 0.3) is 0 Å². The highest BCUT2D eigenvalue weighted by Gasteiger charge is 2.05. The molecule has 0 unspecified atom stereocenters. The zero-order valence-corrected chi connectivity index (χ0v) is 10.7. The maximum absolute atomic E-state index is 8.69. The Morgan fingerprint density at radius 2 is 2.00 bits per heavy atom. The van der Waals surface area contributed by atoms with Crippen molar-refractivity contribution in [2.75, 3.05) is 5.43 Å². The number of rotatable bonds is 4. The molecule has 0 amide bonds. The SMILES string of the molecule is N#Cc1ccc(OCc2nc(NN)ccc2Cl)cc1. The summed E-state index contributed by atoms with van der Waals surface area (Å²) >= 11 is 6.01. The molecule has 0 saturated carbocycles. The van der Waals surface area contributed by atoms with Gasteiger partial charge in [-0.05, 0) is 36.4 Å². The number of nitriles is 1. The summed E-state index contributed by atoms with van der Waals surface area (Å²) in [5.74, 6) is 6.44. The van der Waals surface area contributed by atoms with Crippen molar-refractivity contribution in [1.29, 1.82) is 5.26 Å². The minimum atomic E-state index is 0.222. The van der Waals surface area contributed by atoms with Gasteiger partial charge in [0.1, 0.15) is 18.2 Å². The van der Waals surface area contributed by atoms with Crippen LogP contribution in [-0.4, -0.2) is 4.98 Å². The first-order valence-electron chi connectivity index (χ1n) is 5.48. The van der Waals surface area contributed by atoms with Crippen LogP contribution in [0.3, 0.4) is 0 Å². The minimum absolute atomic E-state index is 0.222. The number of halogens is 1. The number of benzene rings is 1. The van der Waals surface area contributed by atoms with Crippen LogP contribution >= 0.6 is 11.6 Å². The van der Waals surface area contributed by atoms with Crippen LogP contribution in [0.25, 0.3) is 0 Å². The van der Waals surface area contributed by atoms with Crippen LogP contribution in [0.2, 0.25) is 5.02 Å². The second kappa shape index (κ2) is 6.05. The summed E-state index contributed by atoms with van der Waals surface area (Å²) in [5.41, 5.74) is 3.61. The Morgan fingerprint density at radius 3 is 2.63 bits per heavy atom. The lowest BCUT2D eigenvalue weighted by Gasteiger charge is -2.08. The molecule has 3 N–H and O–H groups in total. The summed E-state index contributed by atoms with van der Waals surface area (Å²) in [6.45, 7) is 0.222. The summed E-state index contributed by atoms with van der Waals surface area (Å²) in [6, 6.07) is 12.2. The van der Waals surface area contributed by atoms with Gasteiger partial charge in [-0.2, -0.15) is 5.26 Å². The monoisotopic (exact) mass is 274 g/mol. The first-order valence-corrected chi connectivity index (χ1v) is 5.85. The van der Waals surface area contributed by atoms with Gasteiger partial charge in [0, 0.05) is 0 Å². The number of ether oxygens (including phenoxy) is 1. The molecule has 0 saturated heterocycles. The highest BCUT2D eigenvalue weighted by Crippen LogP contribution is 2.19.